The van der Waals surface area contributed by atoms with Crippen LogP contribution in [0, 0.1) is 5.92 Å². The maximum atomic E-state index is 12.7. The van der Waals surface area contributed by atoms with E-state index in [0.29, 0.717) is 31.1 Å². The van der Waals surface area contributed by atoms with Gasteiger partial charge in [-0.15, -0.1) is 11.3 Å². The lowest BCUT2D eigenvalue weighted by Gasteiger charge is -2.34. The van der Waals surface area contributed by atoms with Crippen molar-refractivity contribution in [1.82, 2.24) is 19.7 Å². The summed E-state index contributed by atoms with van der Waals surface area (Å²) >= 11 is 1.48. The van der Waals surface area contributed by atoms with Crippen LogP contribution in [0.2, 0.25) is 0 Å². The second-order valence-electron chi connectivity index (χ2n) is 8.82. The van der Waals surface area contributed by atoms with Crippen LogP contribution in [-0.4, -0.2) is 83.1 Å². The van der Waals surface area contributed by atoms with E-state index < -0.39 is 0 Å². The van der Waals surface area contributed by atoms with Crippen molar-refractivity contribution < 1.29 is 14.3 Å². The number of anilines is 1. The number of aromatic nitrogens is 1. The summed E-state index contributed by atoms with van der Waals surface area (Å²) in [4.78, 5) is 36.0. The van der Waals surface area contributed by atoms with E-state index >= 15 is 0 Å². The van der Waals surface area contributed by atoms with E-state index in [1.165, 1.54) is 11.3 Å². The van der Waals surface area contributed by atoms with Gasteiger partial charge < -0.3 is 19.9 Å². The van der Waals surface area contributed by atoms with Crippen molar-refractivity contribution in [3.63, 3.8) is 0 Å². The predicted octanol–water partition coefficient (Wildman–Crippen LogP) is 2.62. The number of nitrogens with zero attached hydrogens (tertiary/aromatic N) is 4. The Hall–Kier alpha value is -1.71. The van der Waals surface area contributed by atoms with Crippen LogP contribution in [0.3, 0.4) is 0 Å². The van der Waals surface area contributed by atoms with Crippen molar-refractivity contribution in [2.45, 2.75) is 58.3 Å². The lowest BCUT2D eigenvalue weighted by atomic mass is 9.96. The molecular formula is C21H33N5O3S. The van der Waals surface area contributed by atoms with Gasteiger partial charge in [0.15, 0.2) is 5.13 Å². The Bertz CT molecular complexity index is 733. The molecule has 3 saturated heterocycles. The summed E-state index contributed by atoms with van der Waals surface area (Å²) in [5, 5.41) is 5.69. The standard InChI is InChI=1S/C21H33N5O3S/c1-15-11-24(12-16(2)29-15)13-18-14-30-20(22-18)23-19(27)17-5-9-26(10-6-17)21(28)25-7-3-4-8-25/h14-17H,3-13H2,1-2H3,(H,22,23,27). The van der Waals surface area contributed by atoms with Gasteiger partial charge in [0.1, 0.15) is 0 Å². The van der Waals surface area contributed by atoms with E-state index in [9.17, 15) is 9.59 Å². The van der Waals surface area contributed by atoms with Crippen molar-refractivity contribution in [2.75, 3.05) is 44.6 Å². The molecule has 30 heavy (non-hydrogen) atoms. The van der Waals surface area contributed by atoms with Gasteiger partial charge in [-0.1, -0.05) is 0 Å². The molecule has 3 aliphatic heterocycles. The van der Waals surface area contributed by atoms with Crippen LogP contribution >= 0.6 is 11.3 Å². The molecule has 1 aromatic rings. The van der Waals surface area contributed by atoms with Gasteiger partial charge in [-0.2, -0.15) is 0 Å². The molecular weight excluding hydrogens is 402 g/mol. The second-order valence-corrected chi connectivity index (χ2v) is 9.68. The summed E-state index contributed by atoms with van der Waals surface area (Å²) in [6.45, 7) is 9.83. The molecule has 3 aliphatic rings. The number of carbonyl (C=O) groups excluding carboxylic acids is 2. The molecule has 0 radical (unpaired) electrons. The molecule has 0 saturated carbocycles. The van der Waals surface area contributed by atoms with Crippen molar-refractivity contribution in [3.8, 4) is 0 Å². The summed E-state index contributed by atoms with van der Waals surface area (Å²) in [6, 6.07) is 0.141. The number of hydrogen-bond donors (Lipinski definition) is 1. The first-order chi connectivity index (χ1) is 14.5. The van der Waals surface area contributed by atoms with E-state index in [1.807, 2.05) is 15.2 Å². The van der Waals surface area contributed by atoms with Crippen molar-refractivity contribution in [2.24, 2.45) is 5.92 Å². The monoisotopic (exact) mass is 435 g/mol. The molecule has 0 aliphatic carbocycles. The first-order valence-electron chi connectivity index (χ1n) is 11.1. The number of piperidine rings is 1. The number of thiazole rings is 1. The normalized spacial score (nSPS) is 26.2. The van der Waals surface area contributed by atoms with E-state index in [2.05, 4.69) is 29.0 Å². The Morgan fingerprint density at radius 1 is 1.10 bits per heavy atom. The Balaban J connectivity index is 1.23. The van der Waals surface area contributed by atoms with Crippen LogP contribution in [-0.2, 0) is 16.1 Å². The third-order valence-corrected chi connectivity index (χ3v) is 6.98. The fraction of sp³-hybridized carbons (Fsp3) is 0.762. The zero-order valence-electron chi connectivity index (χ0n) is 18.0. The highest BCUT2D eigenvalue weighted by Crippen LogP contribution is 2.24. The fourth-order valence-electron chi connectivity index (χ4n) is 4.73. The SMILES string of the molecule is CC1CN(Cc2csc(NC(=O)C3CCN(C(=O)N4CCCC4)CC3)n2)CC(C)O1. The van der Waals surface area contributed by atoms with E-state index in [1.54, 1.807) is 0 Å². The highest BCUT2D eigenvalue weighted by molar-refractivity contribution is 7.13. The number of morpholine rings is 1. The molecule has 8 nitrogen and oxygen atoms in total. The topological polar surface area (TPSA) is 78.0 Å². The minimum absolute atomic E-state index is 0.0257. The summed E-state index contributed by atoms with van der Waals surface area (Å²) in [7, 11) is 0. The maximum Gasteiger partial charge on any atom is 0.319 e. The molecule has 2 unspecified atom stereocenters. The lowest BCUT2D eigenvalue weighted by Crippen LogP contribution is -2.47. The van der Waals surface area contributed by atoms with Crippen LogP contribution in [0.5, 0.6) is 0 Å². The van der Waals surface area contributed by atoms with Crippen molar-refractivity contribution >= 4 is 28.4 Å². The molecule has 1 aromatic heterocycles. The summed E-state index contributed by atoms with van der Waals surface area (Å²) in [5.41, 5.74) is 0.989. The molecule has 1 N–H and O–H groups in total. The third kappa shape index (κ3) is 5.31. The number of nitrogens with one attached hydrogen (secondary N) is 1. The largest absolute Gasteiger partial charge is 0.373 e. The number of likely N-dealkylation sites (tertiary alicyclic amines) is 2. The number of hydrogen-bond acceptors (Lipinski definition) is 6. The van der Waals surface area contributed by atoms with Crippen LogP contribution in [0.25, 0.3) is 0 Å². The number of ether oxygens (including phenoxy) is 1. The van der Waals surface area contributed by atoms with Gasteiger partial charge in [0.05, 0.1) is 17.9 Å². The smallest absolute Gasteiger partial charge is 0.319 e. The first kappa shape index (κ1) is 21.5. The molecule has 166 valence electrons. The Morgan fingerprint density at radius 3 is 2.40 bits per heavy atom. The van der Waals surface area contributed by atoms with Crippen LogP contribution in [0.15, 0.2) is 5.38 Å². The molecule has 9 heteroatoms. The Labute approximate surface area is 182 Å². The lowest BCUT2D eigenvalue weighted by molar-refractivity contribution is -0.121. The molecule has 4 heterocycles. The van der Waals surface area contributed by atoms with Crippen LogP contribution in [0.4, 0.5) is 9.93 Å². The van der Waals surface area contributed by atoms with Gasteiger partial charge in [0, 0.05) is 57.1 Å². The molecule has 3 fully saturated rings. The molecule has 0 bridgehead atoms. The number of amides is 3. The molecule has 2 atom stereocenters. The number of carbonyl (C=O) groups is 2. The molecule has 0 aromatic carbocycles. The quantitative estimate of drug-likeness (QED) is 0.787. The first-order valence-corrected chi connectivity index (χ1v) is 12.0. The predicted molar refractivity (Wildman–Crippen MR) is 117 cm³/mol. The third-order valence-electron chi connectivity index (χ3n) is 6.18. The number of rotatable bonds is 4. The highest BCUT2D eigenvalue weighted by Gasteiger charge is 2.31. The van der Waals surface area contributed by atoms with E-state index in [-0.39, 0.29) is 30.1 Å². The van der Waals surface area contributed by atoms with Gasteiger partial charge in [0.2, 0.25) is 5.91 Å². The van der Waals surface area contributed by atoms with Gasteiger partial charge in [-0.25, -0.2) is 9.78 Å². The molecule has 4 rings (SSSR count). The van der Waals surface area contributed by atoms with Crippen molar-refractivity contribution in [3.05, 3.63) is 11.1 Å². The second kappa shape index (κ2) is 9.62. The summed E-state index contributed by atoms with van der Waals surface area (Å²) in [5.74, 6) is -0.0290. The van der Waals surface area contributed by atoms with E-state index in [4.69, 9.17) is 4.74 Å². The van der Waals surface area contributed by atoms with Gasteiger partial charge >= 0.3 is 6.03 Å². The molecule has 0 spiro atoms. The average Bonchev–Trinajstić information content (AvgIpc) is 3.39. The maximum absolute atomic E-state index is 12.7. The minimum Gasteiger partial charge on any atom is -0.373 e. The zero-order chi connectivity index (χ0) is 21.1. The Kier molecular flexibility index (Phi) is 6.90. The van der Waals surface area contributed by atoms with Gasteiger partial charge in [-0.3, -0.25) is 9.69 Å². The average molecular weight is 436 g/mol. The highest BCUT2D eigenvalue weighted by atomic mass is 32.1. The zero-order valence-corrected chi connectivity index (χ0v) is 18.8. The van der Waals surface area contributed by atoms with Crippen LogP contribution < -0.4 is 5.32 Å². The van der Waals surface area contributed by atoms with Gasteiger partial charge in [0.25, 0.3) is 0 Å². The summed E-state index contributed by atoms with van der Waals surface area (Å²) in [6.07, 6.45) is 4.10. The summed E-state index contributed by atoms with van der Waals surface area (Å²) < 4.78 is 5.79. The van der Waals surface area contributed by atoms with Crippen LogP contribution in [0.1, 0.15) is 45.2 Å². The van der Waals surface area contributed by atoms with Gasteiger partial charge in [-0.05, 0) is 39.5 Å². The Morgan fingerprint density at radius 2 is 1.73 bits per heavy atom. The minimum atomic E-state index is -0.0547. The van der Waals surface area contributed by atoms with Crippen molar-refractivity contribution in [1.29, 1.82) is 0 Å². The fourth-order valence-corrected chi connectivity index (χ4v) is 5.43. The number of urea groups is 1. The molecule has 3 amide bonds. The van der Waals surface area contributed by atoms with E-state index in [0.717, 1.165) is 51.3 Å².